The van der Waals surface area contributed by atoms with E-state index < -0.39 is 53.0 Å². The second-order valence-corrected chi connectivity index (χ2v) is 9.46. The summed E-state index contributed by atoms with van der Waals surface area (Å²) in [5.41, 5.74) is 0.564. The van der Waals surface area contributed by atoms with Crippen LogP contribution in [0.25, 0.3) is 22.4 Å². The van der Waals surface area contributed by atoms with E-state index >= 15 is 0 Å². The summed E-state index contributed by atoms with van der Waals surface area (Å²) in [6.07, 6.45) is 2.54. The largest absolute Gasteiger partial charge is 0.493 e. The van der Waals surface area contributed by atoms with E-state index in [1.54, 1.807) is 24.6 Å². The van der Waals surface area contributed by atoms with Crippen LogP contribution in [-0.2, 0) is 16.6 Å². The number of sulfonamides is 1. The van der Waals surface area contributed by atoms with Gasteiger partial charge in [-0.2, -0.15) is 4.31 Å². The number of piperazine rings is 1. The molecule has 1 fully saturated rings. The Morgan fingerprint density at radius 2 is 1.91 bits per heavy atom. The van der Waals surface area contributed by atoms with E-state index in [0.717, 1.165) is 18.6 Å². The minimum Gasteiger partial charge on any atom is -0.493 e. The van der Waals surface area contributed by atoms with Gasteiger partial charge in [-0.3, -0.25) is 4.79 Å². The summed E-state index contributed by atoms with van der Waals surface area (Å²) in [6, 6.07) is 3.28. The van der Waals surface area contributed by atoms with E-state index in [0.29, 0.717) is 28.0 Å². The fourth-order valence-corrected chi connectivity index (χ4v) is 4.75. The van der Waals surface area contributed by atoms with Gasteiger partial charge in [-0.1, -0.05) is 13.8 Å². The van der Waals surface area contributed by atoms with Crippen LogP contribution in [0.15, 0.2) is 34.1 Å². The molecular formula is C24H33N5O4S. The first-order chi connectivity index (χ1) is 19.3. The number of nitrogens with zero attached hydrogens (tertiary/aromatic N) is 4. The molecule has 1 N–H and O–H groups in total. The van der Waals surface area contributed by atoms with Crippen molar-refractivity contribution in [2.75, 3.05) is 39.1 Å². The average molecular weight is 496 g/mol. The van der Waals surface area contributed by atoms with Crippen LogP contribution in [0.2, 0.25) is 0 Å². The minimum atomic E-state index is -5.28. The molecule has 1 saturated heterocycles. The molecule has 4 rings (SSSR count). The summed E-state index contributed by atoms with van der Waals surface area (Å²) in [5, 5.41) is 0.355. The summed E-state index contributed by atoms with van der Waals surface area (Å²) >= 11 is 0. The number of fused-ring (bicyclic) bond motifs is 1. The number of benzene rings is 1. The van der Waals surface area contributed by atoms with Gasteiger partial charge in [0.15, 0.2) is 0 Å². The molecule has 1 aliphatic heterocycles. The van der Waals surface area contributed by atoms with Gasteiger partial charge in [0.2, 0.25) is 10.0 Å². The average Bonchev–Trinajstić information content (AvgIpc) is 3.18. The summed E-state index contributed by atoms with van der Waals surface area (Å²) < 4.78 is 102. The molecule has 0 radical (unpaired) electrons. The standard InChI is InChI=1S/C24H33N5O4S/c1-5-10-28-16-17(4)21-23(28)25-22(26-24(21)30)19-15-18(8-9-20(19)33-7-3)34(31,32)29-13-11-27(6-2)12-14-29/h8-9,15-16H,5-7,10-14H2,1-4H3,(H,25,26,30)/i11D2,12D2,13D2,14D2. The van der Waals surface area contributed by atoms with Gasteiger partial charge in [-0.25, -0.2) is 13.4 Å². The summed E-state index contributed by atoms with van der Waals surface area (Å²) in [7, 11) is -5.28. The van der Waals surface area contributed by atoms with E-state index in [-0.39, 0.29) is 28.0 Å². The number of aromatic nitrogens is 3. The Hall–Kier alpha value is -2.69. The van der Waals surface area contributed by atoms with Crippen LogP contribution in [-0.4, -0.2) is 71.3 Å². The van der Waals surface area contributed by atoms with Crippen LogP contribution in [0.1, 0.15) is 43.7 Å². The number of hydrogen-bond donors (Lipinski definition) is 1. The molecule has 2 aromatic heterocycles. The number of aromatic amines is 1. The van der Waals surface area contributed by atoms with Gasteiger partial charge in [-0.05, 0) is 50.6 Å². The van der Waals surface area contributed by atoms with Crippen molar-refractivity contribution in [1.29, 1.82) is 0 Å². The van der Waals surface area contributed by atoms with E-state index in [1.165, 1.54) is 13.0 Å². The van der Waals surface area contributed by atoms with Crippen LogP contribution in [0, 0.1) is 6.92 Å². The molecule has 9 nitrogen and oxygen atoms in total. The number of hydrogen-bond acceptors (Lipinski definition) is 6. The number of likely N-dealkylation sites (N-methyl/N-ethyl adjacent to an activating group) is 1. The molecule has 0 amide bonds. The molecule has 0 aliphatic carbocycles. The molecule has 0 unspecified atom stereocenters. The van der Waals surface area contributed by atoms with Gasteiger partial charge in [-0.15, -0.1) is 0 Å². The first-order valence-corrected chi connectivity index (χ1v) is 12.5. The van der Waals surface area contributed by atoms with Gasteiger partial charge in [0.25, 0.3) is 5.56 Å². The molecule has 0 atom stereocenters. The van der Waals surface area contributed by atoms with Crippen molar-refractivity contribution in [2.45, 2.75) is 45.6 Å². The third kappa shape index (κ3) is 4.49. The lowest BCUT2D eigenvalue weighted by atomic mass is 10.1. The molecule has 184 valence electrons. The number of rotatable bonds is 8. The van der Waals surface area contributed by atoms with E-state index in [2.05, 4.69) is 9.97 Å². The molecule has 34 heavy (non-hydrogen) atoms. The van der Waals surface area contributed by atoms with E-state index in [4.69, 9.17) is 15.7 Å². The molecule has 0 saturated carbocycles. The van der Waals surface area contributed by atoms with Gasteiger partial charge in [0.05, 0.1) is 22.5 Å². The zero-order chi connectivity index (χ0) is 31.6. The third-order valence-corrected chi connectivity index (χ3v) is 6.83. The predicted molar refractivity (Wildman–Crippen MR) is 133 cm³/mol. The Morgan fingerprint density at radius 3 is 2.56 bits per heavy atom. The summed E-state index contributed by atoms with van der Waals surface area (Å²) in [5.74, 6) is 0.0627. The topological polar surface area (TPSA) is 101 Å². The quantitative estimate of drug-likeness (QED) is 0.516. The SMILES string of the molecule is [2H]C1([2H])N(CC)C([2H])([2H])C([2H])([2H])N(S(=O)(=O)c2ccc(OCC)c(-c3nc4c(c(C)cn4CCC)c(=O)[nH]3)c2)C1([2H])[2H]. The van der Waals surface area contributed by atoms with Crippen molar-refractivity contribution >= 4 is 21.1 Å². The van der Waals surface area contributed by atoms with E-state index in [9.17, 15) is 13.2 Å². The molecule has 1 aliphatic rings. The van der Waals surface area contributed by atoms with Crippen LogP contribution in [0.4, 0.5) is 0 Å². The van der Waals surface area contributed by atoms with Crippen LogP contribution < -0.4 is 10.3 Å². The Bertz CT molecular complexity index is 1660. The minimum absolute atomic E-state index is 0.00170. The van der Waals surface area contributed by atoms with Crippen LogP contribution in [0.5, 0.6) is 5.75 Å². The molecule has 10 heteroatoms. The zero-order valence-electron chi connectivity index (χ0n) is 27.5. The molecule has 0 spiro atoms. The van der Waals surface area contributed by atoms with Gasteiger partial charge >= 0.3 is 0 Å². The van der Waals surface area contributed by atoms with Gasteiger partial charge < -0.3 is 19.2 Å². The molecule has 3 aromatic rings. The highest BCUT2D eigenvalue weighted by molar-refractivity contribution is 7.89. The van der Waals surface area contributed by atoms with Gasteiger partial charge in [0, 0.05) is 49.7 Å². The van der Waals surface area contributed by atoms with Crippen molar-refractivity contribution < 1.29 is 24.1 Å². The highest BCUT2D eigenvalue weighted by atomic mass is 32.2. The molecule has 0 bridgehead atoms. The number of H-pyrrole nitrogens is 1. The van der Waals surface area contributed by atoms with Gasteiger partial charge in [0.1, 0.15) is 17.2 Å². The van der Waals surface area contributed by atoms with Crippen molar-refractivity contribution in [1.82, 2.24) is 23.7 Å². The first kappa shape index (κ1) is 16.1. The third-order valence-electron chi connectivity index (χ3n) is 5.31. The maximum Gasteiger partial charge on any atom is 0.260 e. The smallest absolute Gasteiger partial charge is 0.260 e. The van der Waals surface area contributed by atoms with Crippen molar-refractivity contribution in [2.24, 2.45) is 0 Å². The maximum atomic E-state index is 14.0. The Labute approximate surface area is 211 Å². The maximum absolute atomic E-state index is 14.0. The lowest BCUT2D eigenvalue weighted by molar-refractivity contribution is 0.196. The number of aryl methyl sites for hydroxylation is 2. The van der Waals surface area contributed by atoms with E-state index in [1.807, 2.05) is 6.92 Å². The molecule has 3 heterocycles. The predicted octanol–water partition coefficient (Wildman–Crippen LogP) is 2.83. The molecule has 1 aromatic carbocycles. The fraction of sp³-hybridized carbons (Fsp3) is 0.500. The summed E-state index contributed by atoms with van der Waals surface area (Å²) in [6.45, 7) is -6.65. The summed E-state index contributed by atoms with van der Waals surface area (Å²) in [4.78, 5) is 20.0. The van der Waals surface area contributed by atoms with Crippen molar-refractivity contribution in [3.8, 4) is 17.1 Å². The Morgan fingerprint density at radius 1 is 1.18 bits per heavy atom. The fourth-order valence-electron chi connectivity index (χ4n) is 3.71. The number of nitrogens with one attached hydrogen (secondary N) is 1. The van der Waals surface area contributed by atoms with Crippen molar-refractivity contribution in [3.63, 3.8) is 0 Å². The monoisotopic (exact) mass is 495 g/mol. The second kappa shape index (κ2) is 9.89. The van der Waals surface area contributed by atoms with Crippen molar-refractivity contribution in [3.05, 3.63) is 40.3 Å². The number of ether oxygens (including phenoxy) is 1. The second-order valence-electron chi connectivity index (χ2n) is 7.67. The lowest BCUT2D eigenvalue weighted by Crippen LogP contribution is -2.48. The Kier molecular flexibility index (Phi) is 4.67. The highest BCUT2D eigenvalue weighted by Gasteiger charge is 2.29. The first-order valence-electron chi connectivity index (χ1n) is 15.0. The zero-order valence-corrected chi connectivity index (χ0v) is 20.3. The van der Waals surface area contributed by atoms with Crippen LogP contribution >= 0.6 is 0 Å². The Balaban J connectivity index is 1.98. The normalized spacial score (nSPS) is 25.2. The lowest BCUT2D eigenvalue weighted by Gasteiger charge is -2.33. The molecular weight excluding hydrogens is 454 g/mol. The highest BCUT2D eigenvalue weighted by Crippen LogP contribution is 2.32. The van der Waals surface area contributed by atoms with Crippen LogP contribution in [0.3, 0.4) is 0 Å².